The first-order valence-electron chi connectivity index (χ1n) is 11.4. The van der Waals surface area contributed by atoms with Gasteiger partial charge in [0, 0.05) is 54.7 Å². The minimum Gasteiger partial charge on any atom is -0.381 e. The summed E-state index contributed by atoms with van der Waals surface area (Å²) in [6.45, 7) is 2.64. The molecule has 0 spiro atoms. The zero-order valence-corrected chi connectivity index (χ0v) is 24.4. The van der Waals surface area contributed by atoms with Crippen LogP contribution in [-0.4, -0.2) is 53.1 Å². The quantitative estimate of drug-likeness (QED) is 0.0979. The summed E-state index contributed by atoms with van der Waals surface area (Å²) in [4.78, 5) is 19.7. The van der Waals surface area contributed by atoms with E-state index in [1.165, 1.54) is 12.1 Å². The summed E-state index contributed by atoms with van der Waals surface area (Å²) in [6.07, 6.45) is 1.27. The number of alkyl halides is 3. The molecule has 2 aliphatic heterocycles. The van der Waals surface area contributed by atoms with Gasteiger partial charge >= 0.3 is 0 Å². The van der Waals surface area contributed by atoms with E-state index in [4.69, 9.17) is 67.5 Å². The maximum Gasteiger partial charge on any atom is 0.269 e. The highest BCUT2D eigenvalue weighted by Crippen LogP contribution is 2.50. The Labute approximate surface area is 250 Å². The number of para-hydroxylation sites is 1. The number of hydrazone groups is 1. The summed E-state index contributed by atoms with van der Waals surface area (Å²) in [5, 5.41) is 29.0. The Morgan fingerprint density at radius 1 is 1.13 bits per heavy atom. The Balaban J connectivity index is 0.000000213. The number of ether oxygens (including phenoxy) is 2. The maximum atomic E-state index is 10.1. The third-order valence-electron chi connectivity index (χ3n) is 5.34. The Bertz CT molecular complexity index is 1110. The number of hydrogen-bond donors (Lipinski definition) is 2. The highest BCUT2D eigenvalue weighted by Gasteiger charge is 2.51. The summed E-state index contributed by atoms with van der Waals surface area (Å²) in [6, 6.07) is 13.1. The van der Waals surface area contributed by atoms with Crippen LogP contribution in [0.3, 0.4) is 0 Å². The lowest BCUT2D eigenvalue weighted by molar-refractivity contribution is -0.485. The van der Waals surface area contributed by atoms with E-state index in [-0.39, 0.29) is 18.1 Å². The molecule has 2 heterocycles. The van der Waals surface area contributed by atoms with Gasteiger partial charge in [-0.1, -0.05) is 76.2 Å². The zero-order valence-electron chi connectivity index (χ0n) is 20.6. The molecule has 2 aromatic rings. The van der Waals surface area contributed by atoms with Crippen LogP contribution >= 0.6 is 58.0 Å². The second-order valence-corrected chi connectivity index (χ2v) is 11.8. The van der Waals surface area contributed by atoms with Gasteiger partial charge in [-0.25, -0.2) is 10.1 Å². The van der Waals surface area contributed by atoms with Crippen LogP contribution in [0.25, 0.3) is 0 Å². The van der Waals surface area contributed by atoms with Crippen LogP contribution in [0, 0.1) is 26.1 Å². The van der Waals surface area contributed by atoms with Gasteiger partial charge in [0.05, 0.1) is 18.1 Å². The maximum absolute atomic E-state index is 10.1. The predicted octanol–water partition coefficient (Wildman–Crippen LogP) is 5.95. The molecule has 2 saturated heterocycles. The number of nitrogens with zero attached hydrogens (tertiary/aromatic N) is 3. The van der Waals surface area contributed by atoms with Crippen molar-refractivity contribution in [3.05, 3.63) is 84.4 Å². The summed E-state index contributed by atoms with van der Waals surface area (Å²) < 4.78 is 9.21. The number of epoxide rings is 1. The Morgan fingerprint density at radius 3 is 2.15 bits per heavy atom. The first-order chi connectivity index (χ1) is 18.3. The second-order valence-electron chi connectivity index (χ2n) is 8.37. The highest BCUT2D eigenvalue weighted by molar-refractivity contribution is 6.67. The van der Waals surface area contributed by atoms with Crippen LogP contribution in [0.15, 0.2) is 53.6 Å². The molecule has 2 atom stereocenters. The molecule has 2 aromatic carbocycles. The van der Waals surface area contributed by atoms with E-state index in [1.54, 1.807) is 43.4 Å². The lowest BCUT2D eigenvalue weighted by atomic mass is 9.97. The monoisotopic (exact) mass is 643 g/mol. The van der Waals surface area contributed by atoms with Gasteiger partial charge < -0.3 is 20.1 Å². The number of hydrogen-bond acceptors (Lipinski definition) is 6. The van der Waals surface area contributed by atoms with Crippen molar-refractivity contribution in [2.24, 2.45) is 11.0 Å². The average Bonchev–Trinajstić information content (AvgIpc) is 3.43. The van der Waals surface area contributed by atoms with E-state index < -0.39 is 19.3 Å². The number of non-ortho nitro benzene ring substituents is 1. The molecule has 2 N–H and O–H groups in total. The van der Waals surface area contributed by atoms with Crippen molar-refractivity contribution in [2.45, 2.75) is 22.2 Å². The molecule has 0 aliphatic carbocycles. The van der Waals surface area contributed by atoms with Crippen molar-refractivity contribution >= 4 is 69.7 Å². The molecule has 4 rings (SSSR count). The van der Waals surface area contributed by atoms with E-state index in [1.807, 2.05) is 0 Å². The number of benzene rings is 2. The summed E-state index contributed by atoms with van der Waals surface area (Å²) in [7, 11) is 1.58. The van der Waals surface area contributed by atoms with E-state index in [0.29, 0.717) is 35.7 Å². The van der Waals surface area contributed by atoms with Crippen LogP contribution in [0.5, 0.6) is 0 Å². The van der Waals surface area contributed by atoms with Crippen LogP contribution < -0.4 is 10.6 Å². The molecule has 214 valence electrons. The van der Waals surface area contributed by atoms with Crippen LogP contribution in [0.1, 0.15) is 18.4 Å². The third kappa shape index (κ3) is 12.7. The normalized spacial score (nSPS) is 20.1. The fraction of sp³-hybridized carbons (Fsp3) is 0.435. The van der Waals surface area contributed by atoms with Crippen molar-refractivity contribution in [1.29, 1.82) is 0 Å². The molecule has 0 amide bonds. The molecule has 11 nitrogen and oxygen atoms in total. The van der Waals surface area contributed by atoms with Crippen molar-refractivity contribution in [3.8, 4) is 0 Å². The Morgan fingerprint density at radius 2 is 1.74 bits per heavy atom. The standard InChI is InChI=1S/C10H7Cl5O.C7H14N4O3.C6H5NO2/c11-7-1-6(2-8(12)3-7)9(5-16-9)4-10(13,14)15;1-8-7(10-11(12)13)9-4-6-2-3-14-5-6;8-7(9)6-4-2-1-3-5-6/h1-3H,4-5H2;6H,2-5H2,1H3,(H2,8,9,10);1-5H. The molecule has 0 saturated carbocycles. The van der Waals surface area contributed by atoms with Gasteiger partial charge in [-0.2, -0.15) is 0 Å². The lowest BCUT2D eigenvalue weighted by Gasteiger charge is -2.18. The smallest absolute Gasteiger partial charge is 0.269 e. The van der Waals surface area contributed by atoms with Gasteiger partial charge in [-0.05, 0) is 30.2 Å². The van der Waals surface area contributed by atoms with Crippen LogP contribution in [0.4, 0.5) is 5.69 Å². The van der Waals surface area contributed by atoms with Gasteiger partial charge in [0.15, 0.2) is 8.82 Å². The number of nitro groups is 2. The number of nitro benzene ring substituents is 1. The fourth-order valence-electron chi connectivity index (χ4n) is 3.39. The minimum absolute atomic E-state index is 0.137. The lowest BCUT2D eigenvalue weighted by Crippen LogP contribution is -2.38. The minimum atomic E-state index is -1.36. The fourth-order valence-corrected chi connectivity index (χ4v) is 4.56. The third-order valence-corrected chi connectivity index (χ3v) is 6.17. The molecular weight excluding hydrogens is 620 g/mol. The van der Waals surface area contributed by atoms with Gasteiger partial charge in [0.2, 0.25) is 0 Å². The molecule has 0 radical (unpaired) electrons. The van der Waals surface area contributed by atoms with E-state index in [0.717, 1.165) is 18.6 Å². The van der Waals surface area contributed by atoms with Crippen molar-refractivity contribution in [2.75, 3.05) is 33.4 Å². The van der Waals surface area contributed by atoms with E-state index >= 15 is 0 Å². The topological polar surface area (TPSA) is 144 Å². The van der Waals surface area contributed by atoms with Crippen LogP contribution in [0.2, 0.25) is 10.0 Å². The Kier molecular flexibility index (Phi) is 13.2. The molecule has 2 unspecified atom stereocenters. The SMILES string of the molecule is CN/C(=N/[N+](=O)[O-])NCC1CCOC1.Clc1cc(Cl)cc(C2(CC(Cl)(Cl)Cl)CO2)c1.O=[N+]([O-])c1ccccc1. The van der Waals surface area contributed by atoms with Gasteiger partial charge in [0.25, 0.3) is 11.6 Å². The van der Waals surface area contributed by atoms with E-state index in [2.05, 4.69) is 15.7 Å². The molecule has 16 heteroatoms. The first-order valence-corrected chi connectivity index (χ1v) is 13.3. The molecule has 39 heavy (non-hydrogen) atoms. The molecule has 2 fully saturated rings. The van der Waals surface area contributed by atoms with Gasteiger partial charge in [-0.3, -0.25) is 10.1 Å². The van der Waals surface area contributed by atoms with Gasteiger partial charge in [0.1, 0.15) is 10.7 Å². The average molecular weight is 646 g/mol. The molecular formula is C23H26Cl5N5O6. The highest BCUT2D eigenvalue weighted by atomic mass is 35.6. The van der Waals surface area contributed by atoms with Crippen molar-refractivity contribution in [3.63, 3.8) is 0 Å². The van der Waals surface area contributed by atoms with Crippen molar-refractivity contribution < 1.29 is 19.4 Å². The molecule has 0 bridgehead atoms. The number of guanidine groups is 1. The number of nitrogens with one attached hydrogen (secondary N) is 2. The van der Waals surface area contributed by atoms with E-state index in [9.17, 15) is 20.2 Å². The molecule has 2 aliphatic rings. The summed E-state index contributed by atoms with van der Waals surface area (Å²) >= 11 is 29.1. The summed E-state index contributed by atoms with van der Waals surface area (Å²) in [5.41, 5.74) is 0.425. The largest absolute Gasteiger partial charge is 0.381 e. The molecule has 0 aromatic heterocycles. The predicted molar refractivity (Wildman–Crippen MR) is 153 cm³/mol. The van der Waals surface area contributed by atoms with Gasteiger partial charge in [-0.15, -0.1) is 0 Å². The van der Waals surface area contributed by atoms with Crippen molar-refractivity contribution in [1.82, 2.24) is 10.6 Å². The summed E-state index contributed by atoms with van der Waals surface area (Å²) in [5.74, 6) is 0.599. The second kappa shape index (κ2) is 15.6. The first kappa shape index (κ1) is 33.1. The number of halogens is 5. The number of rotatable bonds is 6. The van der Waals surface area contributed by atoms with Crippen LogP contribution in [-0.2, 0) is 15.1 Å². The zero-order chi connectivity index (χ0) is 29.1. The Hall–Kier alpha value is -2.12.